The van der Waals surface area contributed by atoms with Crippen molar-refractivity contribution in [1.82, 2.24) is 31.9 Å². The van der Waals surface area contributed by atoms with E-state index < -0.39 is 88.5 Å². The van der Waals surface area contributed by atoms with E-state index in [1.54, 1.807) is 13.8 Å². The summed E-state index contributed by atoms with van der Waals surface area (Å²) in [6.45, 7) is 4.93. The van der Waals surface area contributed by atoms with Crippen LogP contribution in [0.2, 0.25) is 0 Å². The molecule has 11 N–H and O–H groups in total. The van der Waals surface area contributed by atoms with Crippen molar-refractivity contribution < 1.29 is 53.8 Å². The quantitative estimate of drug-likeness (QED) is 0.0233. The van der Waals surface area contributed by atoms with E-state index in [1.165, 1.54) is 79.7 Å². The molecule has 0 bridgehead atoms. The Labute approximate surface area is 381 Å². The molecule has 6 amide bonds. The summed E-state index contributed by atoms with van der Waals surface area (Å²) in [6, 6.07) is 8.70. The predicted octanol–water partition coefficient (Wildman–Crippen LogP) is 1.15. The lowest BCUT2D eigenvalue weighted by Crippen LogP contribution is -2.61. The first kappa shape index (κ1) is 52.6. The zero-order chi connectivity index (χ0) is 48.2. The van der Waals surface area contributed by atoms with E-state index in [9.17, 15) is 59.0 Å². The van der Waals surface area contributed by atoms with E-state index in [4.69, 9.17) is 5.73 Å². The number of phenolic OH excluding ortho intramolecular Hbond substituents is 2. The third-order valence-corrected chi connectivity index (χ3v) is 10.8. The zero-order valence-electron chi connectivity index (χ0n) is 36.3. The molecular weight excluding hydrogens is 865 g/mol. The van der Waals surface area contributed by atoms with E-state index in [0.717, 1.165) is 0 Å². The number of non-ortho nitro benzene ring substituents is 1. The molecule has 0 aliphatic rings. The summed E-state index contributed by atoms with van der Waals surface area (Å²) in [5.41, 5.74) is 6.86. The first-order valence-electron chi connectivity index (χ1n) is 21.0. The summed E-state index contributed by atoms with van der Waals surface area (Å²) in [5.74, 6) is -6.67. The largest absolute Gasteiger partial charge is 0.508 e. The first-order chi connectivity index (χ1) is 30.8. The van der Waals surface area contributed by atoms with Gasteiger partial charge in [-0.25, -0.2) is 4.79 Å². The summed E-state index contributed by atoms with van der Waals surface area (Å²) in [6.07, 6.45) is 0.564. The number of hydrogen-bond acceptors (Lipinski definition) is 13. The van der Waals surface area contributed by atoms with Gasteiger partial charge in [0.2, 0.25) is 35.4 Å². The van der Waals surface area contributed by atoms with Gasteiger partial charge in [0.1, 0.15) is 47.8 Å². The molecule has 21 heteroatoms. The number of phenols is 2. The lowest BCUT2D eigenvalue weighted by molar-refractivity contribution is -0.384. The van der Waals surface area contributed by atoms with Crippen LogP contribution < -0.4 is 37.6 Å². The maximum atomic E-state index is 14.4. The number of hydrogen-bond donors (Lipinski definition) is 11. The number of aromatic hydroxyl groups is 2. The number of rotatable bonds is 26. The number of nitro groups is 1. The Bertz CT molecular complexity index is 2110. The fraction of sp³-hybridized carbons (Fsp3) is 0.432. The van der Waals surface area contributed by atoms with Crippen LogP contribution in [0, 0.1) is 16.0 Å². The molecule has 20 nitrogen and oxygen atoms in total. The van der Waals surface area contributed by atoms with Crippen LogP contribution in [-0.2, 0) is 52.8 Å². The van der Waals surface area contributed by atoms with Crippen LogP contribution in [0.3, 0.4) is 0 Å². The highest BCUT2D eigenvalue weighted by molar-refractivity contribution is 7.80. The Morgan fingerprint density at radius 2 is 1.05 bits per heavy atom. The van der Waals surface area contributed by atoms with Gasteiger partial charge in [-0.1, -0.05) is 56.7 Å². The van der Waals surface area contributed by atoms with Crippen molar-refractivity contribution in [3.8, 4) is 11.5 Å². The number of carbonyl (C=O) groups excluding carboxylic acids is 6. The summed E-state index contributed by atoms with van der Waals surface area (Å²) in [4.78, 5) is 105. The molecule has 3 rings (SSSR count). The fourth-order valence-corrected chi connectivity index (χ4v) is 6.84. The number of thiol groups is 1. The number of benzene rings is 3. The molecule has 0 saturated carbocycles. The molecule has 0 aromatic heterocycles. The van der Waals surface area contributed by atoms with Crippen LogP contribution in [0.1, 0.15) is 63.1 Å². The summed E-state index contributed by atoms with van der Waals surface area (Å²) in [7, 11) is 0. The molecule has 7 atom stereocenters. The highest BCUT2D eigenvalue weighted by Gasteiger charge is 2.35. The molecule has 3 aromatic carbocycles. The van der Waals surface area contributed by atoms with Crippen molar-refractivity contribution in [2.75, 3.05) is 12.3 Å². The molecule has 352 valence electrons. The molecule has 0 radical (unpaired) electrons. The third-order valence-electron chi connectivity index (χ3n) is 10.5. The van der Waals surface area contributed by atoms with Crippen molar-refractivity contribution in [2.24, 2.45) is 11.7 Å². The Morgan fingerprint density at radius 1 is 0.631 bits per heavy atom. The second-order valence-corrected chi connectivity index (χ2v) is 15.9. The van der Waals surface area contributed by atoms with Gasteiger partial charge in [0.15, 0.2) is 0 Å². The predicted molar refractivity (Wildman–Crippen MR) is 242 cm³/mol. The molecular formula is C44H58N8O12S. The average molecular weight is 923 g/mol. The van der Waals surface area contributed by atoms with Gasteiger partial charge in [-0.2, -0.15) is 12.6 Å². The summed E-state index contributed by atoms with van der Waals surface area (Å²) in [5, 5.41) is 56.5. The third kappa shape index (κ3) is 17.4. The number of carboxylic acids is 1. The molecule has 0 saturated heterocycles. The zero-order valence-corrected chi connectivity index (χ0v) is 37.2. The number of nitrogens with two attached hydrogens (primary N) is 1. The minimum absolute atomic E-state index is 0.00105. The maximum Gasteiger partial charge on any atom is 0.326 e. The molecule has 0 fully saturated rings. The highest BCUT2D eigenvalue weighted by Crippen LogP contribution is 2.17. The van der Waals surface area contributed by atoms with Gasteiger partial charge in [-0.3, -0.25) is 38.9 Å². The van der Waals surface area contributed by atoms with Gasteiger partial charge in [0.05, 0.1) is 4.92 Å². The summed E-state index contributed by atoms with van der Waals surface area (Å²) < 4.78 is 0. The van der Waals surface area contributed by atoms with E-state index in [2.05, 4.69) is 44.5 Å². The van der Waals surface area contributed by atoms with Gasteiger partial charge in [-0.15, -0.1) is 0 Å². The van der Waals surface area contributed by atoms with E-state index in [-0.39, 0.29) is 55.2 Å². The van der Waals surface area contributed by atoms with Crippen molar-refractivity contribution in [2.45, 2.75) is 102 Å². The lowest BCUT2D eigenvalue weighted by atomic mass is 9.96. The second-order valence-electron chi connectivity index (χ2n) is 15.5. The maximum absolute atomic E-state index is 14.4. The van der Waals surface area contributed by atoms with Crippen LogP contribution in [0.25, 0.3) is 0 Å². The van der Waals surface area contributed by atoms with Crippen molar-refractivity contribution in [3.63, 3.8) is 0 Å². The van der Waals surface area contributed by atoms with Gasteiger partial charge in [0.25, 0.3) is 5.69 Å². The highest BCUT2D eigenvalue weighted by atomic mass is 32.1. The fourth-order valence-electron chi connectivity index (χ4n) is 6.58. The molecule has 0 aliphatic heterocycles. The van der Waals surface area contributed by atoms with Crippen molar-refractivity contribution >= 4 is 59.7 Å². The van der Waals surface area contributed by atoms with E-state index >= 15 is 0 Å². The topological polar surface area (TPSA) is 322 Å². The Balaban J connectivity index is 1.98. The molecule has 65 heavy (non-hydrogen) atoms. The number of nitro benzene ring substituents is 1. The second kappa shape index (κ2) is 26.1. The first-order valence-corrected chi connectivity index (χ1v) is 21.6. The smallest absolute Gasteiger partial charge is 0.326 e. The van der Waals surface area contributed by atoms with Gasteiger partial charge < -0.3 is 53.0 Å². The van der Waals surface area contributed by atoms with Crippen LogP contribution >= 0.6 is 12.6 Å². The number of aliphatic carboxylic acids is 1. The van der Waals surface area contributed by atoms with Crippen LogP contribution in [0.4, 0.5) is 5.69 Å². The lowest BCUT2D eigenvalue weighted by Gasteiger charge is -2.29. The number of amides is 6. The number of carboxylic acid groups (broad SMARTS) is 1. The number of nitrogens with one attached hydrogen (secondary N) is 6. The number of unbranched alkanes of at least 4 members (excludes halogenated alkanes) is 1. The van der Waals surface area contributed by atoms with Gasteiger partial charge in [-0.05, 0) is 72.7 Å². The van der Waals surface area contributed by atoms with Crippen molar-refractivity contribution in [1.29, 1.82) is 0 Å². The number of nitrogens with zero attached hydrogens (tertiary/aromatic N) is 1. The normalized spacial score (nSPS) is 14.2. The van der Waals surface area contributed by atoms with E-state index in [1.807, 2.05) is 0 Å². The molecule has 1 unspecified atom stereocenters. The summed E-state index contributed by atoms with van der Waals surface area (Å²) >= 11 is 4.15. The van der Waals surface area contributed by atoms with Crippen molar-refractivity contribution in [3.05, 3.63) is 99.6 Å². The SMILES string of the molecule is CCC(C)[C@H](NC(=O)[C@H](CS)NC(C)=O)C(=O)N[C@@H](Cc1ccc([N+](=O)[O-])cc1)C(=O)N[C@@H](CCCCN)C(=O)N[C@@H](Cc1ccc(O)cc1)C(=O)N[C@@H](Cc1ccc(O)cc1)C(=O)O. The van der Waals surface area contributed by atoms with Crippen LogP contribution in [0.15, 0.2) is 72.8 Å². The standard InChI is InChI=1S/C44H58N8O12S/c1-4-25(2)38(51-42(59)37(24-65)46-26(3)53)43(60)49-35(21-27-8-14-30(15-9-27)52(63)64)40(57)47-33(7-5-6-20-45)39(56)48-34(22-28-10-16-31(54)17-11-28)41(58)50-36(44(61)62)23-29-12-18-32(55)19-13-29/h8-19,25,33-38,54-55,65H,4-7,20-24,45H2,1-3H3,(H,46,53)(H,47,57)(H,48,56)(H,49,60)(H,50,58)(H,51,59)(H,61,62)/t25?,33-,34-,35-,36-,37-,38-/m0/s1. The molecule has 0 aliphatic carbocycles. The van der Waals surface area contributed by atoms with Crippen LogP contribution in [-0.4, -0.2) is 110 Å². The molecule has 0 heterocycles. The Kier molecular flexibility index (Phi) is 21.2. The molecule has 0 spiro atoms. The number of carbonyl (C=O) groups is 7. The molecule has 3 aromatic rings. The minimum Gasteiger partial charge on any atom is -0.508 e. The van der Waals surface area contributed by atoms with E-state index in [0.29, 0.717) is 36.0 Å². The Morgan fingerprint density at radius 3 is 1.48 bits per heavy atom. The van der Waals surface area contributed by atoms with Gasteiger partial charge >= 0.3 is 5.97 Å². The minimum atomic E-state index is -1.46. The van der Waals surface area contributed by atoms with Gasteiger partial charge in [0, 0.05) is 44.1 Å². The Hall–Kier alpha value is -6.74. The monoisotopic (exact) mass is 922 g/mol. The average Bonchev–Trinajstić information content (AvgIpc) is 3.27. The van der Waals surface area contributed by atoms with Crippen LogP contribution in [0.5, 0.6) is 11.5 Å².